The number of benzene rings is 1. The number of hydrogen-bond donors (Lipinski definition) is 1. The van der Waals surface area contributed by atoms with Crippen molar-refractivity contribution in [2.24, 2.45) is 0 Å². The van der Waals surface area contributed by atoms with Gasteiger partial charge in [0.15, 0.2) is 0 Å². The van der Waals surface area contributed by atoms with Crippen molar-refractivity contribution in [3.8, 4) is 0 Å². The minimum Gasteiger partial charge on any atom is -0.321 e. The van der Waals surface area contributed by atoms with Crippen LogP contribution in [0.5, 0.6) is 0 Å². The number of halogens is 2. The Kier molecular flexibility index (Phi) is 4.80. The van der Waals surface area contributed by atoms with Crippen LogP contribution in [0.4, 0.5) is 5.69 Å². The third kappa shape index (κ3) is 4.20. The van der Waals surface area contributed by atoms with Gasteiger partial charge < -0.3 is 5.32 Å². The summed E-state index contributed by atoms with van der Waals surface area (Å²) >= 11 is 11.0. The molecule has 2 nitrogen and oxygen atoms in total. The van der Waals surface area contributed by atoms with E-state index in [2.05, 4.69) is 21.2 Å². The lowest BCUT2D eigenvalue weighted by atomic mass is 10.2. The lowest BCUT2D eigenvalue weighted by molar-refractivity contribution is -0.111. The molecule has 0 aliphatic rings. The van der Waals surface area contributed by atoms with Crippen LogP contribution in [0.15, 0.2) is 40.2 Å². The fourth-order valence-corrected chi connectivity index (χ4v) is 3.08. The zero-order valence-electron chi connectivity index (χ0n) is 10.1. The number of thiophene rings is 1. The number of amides is 1. The van der Waals surface area contributed by atoms with Crippen LogP contribution in [0.3, 0.4) is 0 Å². The van der Waals surface area contributed by atoms with Crippen molar-refractivity contribution >= 4 is 56.5 Å². The quantitative estimate of drug-likeness (QED) is 0.759. The average Bonchev–Trinajstić information content (AvgIpc) is 2.76. The van der Waals surface area contributed by atoms with Crippen LogP contribution in [-0.4, -0.2) is 5.91 Å². The van der Waals surface area contributed by atoms with Crippen molar-refractivity contribution in [1.82, 2.24) is 0 Å². The van der Waals surface area contributed by atoms with E-state index in [1.54, 1.807) is 23.5 Å². The van der Waals surface area contributed by atoms with Crippen LogP contribution < -0.4 is 5.32 Å². The van der Waals surface area contributed by atoms with Crippen molar-refractivity contribution < 1.29 is 4.79 Å². The van der Waals surface area contributed by atoms with Gasteiger partial charge in [-0.25, -0.2) is 0 Å². The van der Waals surface area contributed by atoms with E-state index in [9.17, 15) is 4.79 Å². The summed E-state index contributed by atoms with van der Waals surface area (Å²) in [6.07, 6.45) is 3.27. The number of carbonyl (C=O) groups excluding carboxylic acids is 1. The predicted octanol–water partition coefficient (Wildman–Crippen LogP) is 5.12. The molecule has 2 aromatic rings. The highest BCUT2D eigenvalue weighted by Crippen LogP contribution is 2.24. The van der Waals surface area contributed by atoms with Gasteiger partial charge in [0, 0.05) is 11.0 Å². The number of hydrogen-bond acceptors (Lipinski definition) is 2. The van der Waals surface area contributed by atoms with E-state index in [1.807, 2.05) is 31.2 Å². The molecule has 0 aliphatic carbocycles. The molecule has 0 saturated heterocycles. The van der Waals surface area contributed by atoms with Gasteiger partial charge in [0.1, 0.15) is 0 Å². The van der Waals surface area contributed by atoms with Crippen LogP contribution in [0.25, 0.3) is 6.08 Å². The van der Waals surface area contributed by atoms with Gasteiger partial charge in [0.25, 0.3) is 0 Å². The van der Waals surface area contributed by atoms with Gasteiger partial charge >= 0.3 is 0 Å². The van der Waals surface area contributed by atoms with Gasteiger partial charge in [-0.1, -0.05) is 17.7 Å². The normalized spacial score (nSPS) is 10.9. The Hall–Kier alpha value is -1.10. The molecule has 1 aromatic heterocycles. The summed E-state index contributed by atoms with van der Waals surface area (Å²) in [7, 11) is 0. The van der Waals surface area contributed by atoms with Crippen molar-refractivity contribution in [2.45, 2.75) is 6.92 Å². The molecule has 0 atom stereocenters. The first kappa shape index (κ1) is 14.3. The standard InChI is InChI=1S/C14H11BrClNOS/c1-9-2-5-12(11(16)8-9)17-14(18)7-4-10-3-6-13(15)19-10/h2-8H,1H3,(H,17,18)/b7-4+. The van der Waals surface area contributed by atoms with E-state index in [-0.39, 0.29) is 5.91 Å². The van der Waals surface area contributed by atoms with Crippen molar-refractivity contribution in [1.29, 1.82) is 0 Å². The molecule has 5 heteroatoms. The first-order valence-corrected chi connectivity index (χ1v) is 7.54. The SMILES string of the molecule is Cc1ccc(NC(=O)/C=C/c2ccc(Br)s2)c(Cl)c1. The third-order valence-corrected chi connectivity index (χ3v) is 4.28. The predicted molar refractivity (Wildman–Crippen MR) is 85.9 cm³/mol. The second kappa shape index (κ2) is 6.37. The monoisotopic (exact) mass is 355 g/mol. The second-order valence-corrected chi connectivity index (χ2v) is 6.85. The Morgan fingerprint density at radius 1 is 1.37 bits per heavy atom. The molecule has 1 N–H and O–H groups in total. The number of aryl methyl sites for hydroxylation is 1. The largest absolute Gasteiger partial charge is 0.321 e. The van der Waals surface area contributed by atoms with E-state index in [1.165, 1.54) is 6.08 Å². The topological polar surface area (TPSA) is 29.1 Å². The van der Waals surface area contributed by atoms with Gasteiger partial charge in [0.05, 0.1) is 14.5 Å². The second-order valence-electron chi connectivity index (χ2n) is 3.95. The highest BCUT2D eigenvalue weighted by atomic mass is 79.9. The van der Waals surface area contributed by atoms with Crippen LogP contribution in [0, 0.1) is 6.92 Å². The van der Waals surface area contributed by atoms with Gasteiger partial charge in [0.2, 0.25) is 5.91 Å². The fourth-order valence-electron chi connectivity index (χ4n) is 1.47. The minimum atomic E-state index is -0.199. The molecule has 0 spiro atoms. The molecule has 1 heterocycles. The van der Waals surface area contributed by atoms with Crippen molar-refractivity contribution in [2.75, 3.05) is 5.32 Å². The Balaban J connectivity index is 2.03. The summed E-state index contributed by atoms with van der Waals surface area (Å²) in [5.74, 6) is -0.199. The highest BCUT2D eigenvalue weighted by molar-refractivity contribution is 9.11. The van der Waals surface area contributed by atoms with Crippen LogP contribution in [-0.2, 0) is 4.79 Å². The van der Waals surface area contributed by atoms with Gasteiger partial charge in [-0.3, -0.25) is 4.79 Å². The van der Waals surface area contributed by atoms with Crippen LogP contribution in [0.1, 0.15) is 10.4 Å². The molecule has 0 radical (unpaired) electrons. The minimum absolute atomic E-state index is 0.199. The zero-order chi connectivity index (χ0) is 13.8. The number of nitrogens with one attached hydrogen (secondary N) is 1. The molecule has 0 saturated carbocycles. The molecule has 19 heavy (non-hydrogen) atoms. The molecule has 0 aliphatic heterocycles. The lowest BCUT2D eigenvalue weighted by Gasteiger charge is -2.05. The summed E-state index contributed by atoms with van der Waals surface area (Å²) in [5.41, 5.74) is 1.68. The Bertz CT molecular complexity index is 636. The third-order valence-electron chi connectivity index (χ3n) is 2.38. The molecule has 98 valence electrons. The molecule has 1 amide bonds. The summed E-state index contributed by atoms with van der Waals surface area (Å²) < 4.78 is 1.04. The van der Waals surface area contributed by atoms with E-state index >= 15 is 0 Å². The van der Waals surface area contributed by atoms with Gasteiger partial charge in [-0.15, -0.1) is 11.3 Å². The maximum absolute atomic E-state index is 11.8. The summed E-state index contributed by atoms with van der Waals surface area (Å²) in [5, 5.41) is 3.29. The molecule has 1 aromatic carbocycles. The Morgan fingerprint density at radius 3 is 2.79 bits per heavy atom. The molecule has 0 unspecified atom stereocenters. The van der Waals surface area contributed by atoms with E-state index < -0.39 is 0 Å². The number of rotatable bonds is 3. The van der Waals surface area contributed by atoms with Crippen molar-refractivity contribution in [3.63, 3.8) is 0 Å². The molecular weight excluding hydrogens is 346 g/mol. The smallest absolute Gasteiger partial charge is 0.248 e. The molecular formula is C14H11BrClNOS. The van der Waals surface area contributed by atoms with Gasteiger partial charge in [-0.05, 0) is 58.8 Å². The molecule has 0 fully saturated rings. The zero-order valence-corrected chi connectivity index (χ0v) is 13.3. The Morgan fingerprint density at radius 2 is 2.16 bits per heavy atom. The van der Waals surface area contributed by atoms with Crippen LogP contribution in [0.2, 0.25) is 5.02 Å². The van der Waals surface area contributed by atoms with Gasteiger partial charge in [-0.2, -0.15) is 0 Å². The number of carbonyl (C=O) groups is 1. The van der Waals surface area contributed by atoms with E-state index in [0.717, 1.165) is 14.2 Å². The fraction of sp³-hybridized carbons (Fsp3) is 0.0714. The first-order chi connectivity index (χ1) is 9.04. The van der Waals surface area contributed by atoms with Crippen molar-refractivity contribution in [3.05, 3.63) is 55.7 Å². The average molecular weight is 357 g/mol. The van der Waals surface area contributed by atoms with E-state index in [0.29, 0.717) is 10.7 Å². The Labute approximate surface area is 129 Å². The van der Waals surface area contributed by atoms with E-state index in [4.69, 9.17) is 11.6 Å². The molecule has 0 bridgehead atoms. The maximum atomic E-state index is 11.8. The highest BCUT2D eigenvalue weighted by Gasteiger charge is 2.03. The number of anilines is 1. The summed E-state index contributed by atoms with van der Waals surface area (Å²) in [4.78, 5) is 12.8. The van der Waals surface area contributed by atoms with Crippen LogP contribution >= 0.6 is 38.9 Å². The first-order valence-electron chi connectivity index (χ1n) is 5.55. The maximum Gasteiger partial charge on any atom is 0.248 e. The molecule has 2 rings (SSSR count). The lowest BCUT2D eigenvalue weighted by Crippen LogP contribution is -2.08. The summed E-state index contributed by atoms with van der Waals surface area (Å²) in [6, 6.07) is 9.40. The summed E-state index contributed by atoms with van der Waals surface area (Å²) in [6.45, 7) is 1.95.